The van der Waals surface area contributed by atoms with Crippen molar-refractivity contribution in [3.05, 3.63) is 82.9 Å². The van der Waals surface area contributed by atoms with Gasteiger partial charge in [0.05, 0.1) is 5.56 Å². The van der Waals surface area contributed by atoms with E-state index in [1.807, 2.05) is 58.0 Å². The summed E-state index contributed by atoms with van der Waals surface area (Å²) in [5.41, 5.74) is 5.26. The highest BCUT2D eigenvalue weighted by atomic mass is 16.6. The van der Waals surface area contributed by atoms with E-state index >= 15 is 0 Å². The number of nitrogens with one attached hydrogen (secondary N) is 4. The summed E-state index contributed by atoms with van der Waals surface area (Å²) in [7, 11) is 0. The van der Waals surface area contributed by atoms with Gasteiger partial charge < -0.3 is 25.8 Å². The van der Waals surface area contributed by atoms with E-state index in [2.05, 4.69) is 36.6 Å². The van der Waals surface area contributed by atoms with E-state index in [1.165, 1.54) is 0 Å². The van der Waals surface area contributed by atoms with Crippen molar-refractivity contribution < 1.29 is 29.0 Å². The number of carbonyl (C=O) groups excluding carboxylic acids is 3. The third kappa shape index (κ3) is 9.77. The Morgan fingerprint density at radius 2 is 1.57 bits per heavy atom. The quantitative estimate of drug-likeness (QED) is 0.128. The van der Waals surface area contributed by atoms with Crippen LogP contribution in [0.15, 0.2) is 60.7 Å². The molecule has 0 bridgehead atoms. The van der Waals surface area contributed by atoms with Gasteiger partial charge in [-0.2, -0.15) is 5.21 Å². The standard InChI is InChI=1S/C38H45N7O6/c1-22-23(2)31(36(48)49)19-18-30(22)26-10-6-24(7-11-26)20-32(35(47)40-29-16-14-27(15-17-29)33-42-44-45-43-33)41-34(46)28-12-8-25(9-13-28)21-39-37(50)51-38(3,4)5/h6-7,10-11,14-19,25,28,32H,8-9,12-13,20-21H2,1-5H3,(H,39,50)(H,40,47)(H,41,46)(H,48,49)(H,42,43,44,45). The Morgan fingerprint density at radius 3 is 2.18 bits per heavy atom. The third-order valence-electron chi connectivity index (χ3n) is 9.26. The number of aromatic amines is 1. The molecule has 3 amide bonds. The Hall–Kier alpha value is -5.59. The van der Waals surface area contributed by atoms with Gasteiger partial charge in [-0.05, 0) is 130 Å². The number of carboxylic acid groups (broad SMARTS) is 1. The molecule has 1 aliphatic carbocycles. The summed E-state index contributed by atoms with van der Waals surface area (Å²) in [4.78, 5) is 51.0. The number of nitrogens with zero attached hydrogens (tertiary/aromatic N) is 3. The Kier molecular flexibility index (Phi) is 11.5. The van der Waals surface area contributed by atoms with Crippen molar-refractivity contribution in [3.63, 3.8) is 0 Å². The van der Waals surface area contributed by atoms with Gasteiger partial charge in [0.1, 0.15) is 11.6 Å². The van der Waals surface area contributed by atoms with Gasteiger partial charge in [0, 0.05) is 30.1 Å². The van der Waals surface area contributed by atoms with Gasteiger partial charge in [-0.1, -0.05) is 30.3 Å². The zero-order valence-corrected chi connectivity index (χ0v) is 29.6. The third-order valence-corrected chi connectivity index (χ3v) is 9.26. The van der Waals surface area contributed by atoms with E-state index in [1.54, 1.807) is 37.3 Å². The van der Waals surface area contributed by atoms with Crippen LogP contribution in [0.2, 0.25) is 0 Å². The molecule has 0 aliphatic heterocycles. The molecule has 1 fully saturated rings. The van der Waals surface area contributed by atoms with Crippen LogP contribution < -0.4 is 16.0 Å². The van der Waals surface area contributed by atoms with Crippen LogP contribution in [0, 0.1) is 25.7 Å². The summed E-state index contributed by atoms with van der Waals surface area (Å²) in [6, 6.07) is 17.3. The van der Waals surface area contributed by atoms with Crippen LogP contribution in [0.25, 0.3) is 22.5 Å². The maximum Gasteiger partial charge on any atom is 0.407 e. The second-order valence-electron chi connectivity index (χ2n) is 14.1. The van der Waals surface area contributed by atoms with Gasteiger partial charge in [-0.25, -0.2) is 9.59 Å². The largest absolute Gasteiger partial charge is 0.478 e. The lowest BCUT2D eigenvalue weighted by atomic mass is 9.81. The number of hydrogen-bond donors (Lipinski definition) is 5. The number of H-pyrrole nitrogens is 1. The number of carboxylic acids is 1. The van der Waals surface area contributed by atoms with Crippen LogP contribution in [0.5, 0.6) is 0 Å². The van der Waals surface area contributed by atoms with Crippen molar-refractivity contribution in [3.8, 4) is 22.5 Å². The number of tetrazole rings is 1. The van der Waals surface area contributed by atoms with Crippen molar-refractivity contribution in [2.75, 3.05) is 11.9 Å². The lowest BCUT2D eigenvalue weighted by Gasteiger charge is -2.29. The topological polar surface area (TPSA) is 188 Å². The van der Waals surface area contributed by atoms with E-state index in [9.17, 15) is 24.3 Å². The highest BCUT2D eigenvalue weighted by Crippen LogP contribution is 2.30. The Balaban J connectivity index is 1.26. The molecule has 0 radical (unpaired) electrons. The minimum absolute atomic E-state index is 0.178. The fourth-order valence-corrected chi connectivity index (χ4v) is 6.31. The Bertz CT molecular complexity index is 1840. The molecule has 268 valence electrons. The Labute approximate surface area is 297 Å². The monoisotopic (exact) mass is 695 g/mol. The first-order valence-corrected chi connectivity index (χ1v) is 17.1. The van der Waals surface area contributed by atoms with Crippen LogP contribution in [0.3, 0.4) is 0 Å². The molecule has 3 aromatic carbocycles. The molecule has 5 rings (SSSR count). The molecule has 0 spiro atoms. The van der Waals surface area contributed by atoms with Crippen molar-refractivity contribution in [2.45, 2.75) is 78.4 Å². The molecule has 1 aromatic heterocycles. The molecule has 1 aliphatic rings. The molecule has 1 heterocycles. The predicted octanol–water partition coefficient (Wildman–Crippen LogP) is 5.85. The van der Waals surface area contributed by atoms with E-state index in [0.29, 0.717) is 36.5 Å². The van der Waals surface area contributed by atoms with E-state index < -0.39 is 23.7 Å². The molecule has 1 atom stereocenters. The summed E-state index contributed by atoms with van der Waals surface area (Å²) >= 11 is 0. The van der Waals surface area contributed by atoms with Crippen LogP contribution in [-0.2, 0) is 20.7 Å². The van der Waals surface area contributed by atoms with Gasteiger partial charge >= 0.3 is 12.1 Å². The minimum atomic E-state index is -0.963. The molecule has 5 N–H and O–H groups in total. The van der Waals surface area contributed by atoms with Gasteiger partial charge in [0.15, 0.2) is 0 Å². The maximum atomic E-state index is 13.7. The lowest BCUT2D eigenvalue weighted by molar-refractivity contribution is -0.130. The van der Waals surface area contributed by atoms with Gasteiger partial charge in [-0.15, -0.1) is 10.2 Å². The number of alkyl carbamates (subject to hydrolysis) is 1. The zero-order chi connectivity index (χ0) is 36.7. The van der Waals surface area contributed by atoms with E-state index in [0.717, 1.165) is 40.7 Å². The van der Waals surface area contributed by atoms with Crippen molar-refractivity contribution in [1.29, 1.82) is 0 Å². The molecule has 13 heteroatoms. The lowest BCUT2D eigenvalue weighted by Crippen LogP contribution is -2.48. The van der Waals surface area contributed by atoms with Crippen molar-refractivity contribution >= 4 is 29.6 Å². The first kappa shape index (κ1) is 36.7. The summed E-state index contributed by atoms with van der Waals surface area (Å²) in [5, 5.41) is 32.3. The minimum Gasteiger partial charge on any atom is -0.478 e. The molecule has 4 aromatic rings. The summed E-state index contributed by atoms with van der Waals surface area (Å²) in [6.07, 6.45) is 2.63. The van der Waals surface area contributed by atoms with Crippen molar-refractivity contribution in [1.82, 2.24) is 31.3 Å². The fourth-order valence-electron chi connectivity index (χ4n) is 6.31. The number of rotatable bonds is 11. The van der Waals surface area contributed by atoms with Crippen LogP contribution in [-0.4, -0.2) is 67.8 Å². The van der Waals surface area contributed by atoms with Crippen LogP contribution in [0.4, 0.5) is 10.5 Å². The predicted molar refractivity (Wildman–Crippen MR) is 192 cm³/mol. The molecule has 13 nitrogen and oxygen atoms in total. The number of amides is 3. The van der Waals surface area contributed by atoms with Crippen molar-refractivity contribution in [2.24, 2.45) is 11.8 Å². The normalized spacial score (nSPS) is 16.5. The second-order valence-corrected chi connectivity index (χ2v) is 14.1. The van der Waals surface area contributed by atoms with Crippen LogP contribution >= 0.6 is 0 Å². The summed E-state index contributed by atoms with van der Waals surface area (Å²) in [5.74, 6) is -1.08. The molecule has 0 saturated heterocycles. The number of anilines is 1. The molecule has 1 unspecified atom stereocenters. The number of aromatic nitrogens is 4. The maximum absolute atomic E-state index is 13.7. The fraction of sp³-hybridized carbons (Fsp3) is 0.395. The smallest absolute Gasteiger partial charge is 0.407 e. The molecular formula is C38H45N7O6. The average Bonchev–Trinajstić information content (AvgIpc) is 3.64. The number of benzene rings is 3. The average molecular weight is 696 g/mol. The number of aromatic carboxylic acids is 1. The first-order valence-electron chi connectivity index (χ1n) is 17.1. The van der Waals surface area contributed by atoms with E-state index in [-0.39, 0.29) is 35.6 Å². The van der Waals surface area contributed by atoms with Gasteiger partial charge in [-0.3, -0.25) is 9.59 Å². The molecule has 1 saturated carbocycles. The number of carbonyl (C=O) groups is 4. The zero-order valence-electron chi connectivity index (χ0n) is 29.6. The van der Waals surface area contributed by atoms with Gasteiger partial charge in [0.2, 0.25) is 17.6 Å². The van der Waals surface area contributed by atoms with Gasteiger partial charge in [0.25, 0.3) is 0 Å². The van der Waals surface area contributed by atoms with E-state index in [4.69, 9.17) is 4.74 Å². The molecule has 51 heavy (non-hydrogen) atoms. The Morgan fingerprint density at radius 1 is 0.902 bits per heavy atom. The summed E-state index contributed by atoms with van der Waals surface area (Å²) < 4.78 is 5.34. The first-order chi connectivity index (χ1) is 24.3. The number of ether oxygens (including phenoxy) is 1. The highest BCUT2D eigenvalue weighted by molar-refractivity contribution is 5.98. The molecular weight excluding hydrogens is 650 g/mol. The number of hydrogen-bond acceptors (Lipinski definition) is 8. The second kappa shape index (κ2) is 16.0. The summed E-state index contributed by atoms with van der Waals surface area (Å²) in [6.45, 7) is 9.64. The van der Waals surface area contributed by atoms with Crippen LogP contribution in [0.1, 0.15) is 73.5 Å². The highest BCUT2D eigenvalue weighted by Gasteiger charge is 2.30. The SMILES string of the molecule is Cc1c(C(=O)O)ccc(-c2ccc(CC(NC(=O)C3CCC(CNC(=O)OC(C)(C)C)CC3)C(=O)Nc3ccc(-c4nn[nH]n4)cc3)cc2)c1C.